The number of hydrazine groups is 1. The highest BCUT2D eigenvalue weighted by Crippen LogP contribution is 2.08. The van der Waals surface area contributed by atoms with Crippen molar-refractivity contribution in [2.24, 2.45) is 5.84 Å². The molecule has 0 aromatic heterocycles. The van der Waals surface area contributed by atoms with E-state index in [2.05, 4.69) is 6.92 Å². The Labute approximate surface area is 73.3 Å². The topological polar surface area (TPSA) is 29.3 Å². The van der Waals surface area contributed by atoms with E-state index in [1.54, 1.807) is 5.01 Å². The second-order valence-electron chi connectivity index (χ2n) is 2.54. The first-order valence-electron chi connectivity index (χ1n) is 4.10. The van der Waals surface area contributed by atoms with Gasteiger partial charge in [0.25, 0.3) is 0 Å². The Morgan fingerprint density at radius 1 is 1.33 bits per heavy atom. The number of anilines is 1. The van der Waals surface area contributed by atoms with Crippen LogP contribution in [0, 0.1) is 0 Å². The van der Waals surface area contributed by atoms with Crippen molar-refractivity contribution in [3.05, 3.63) is 42.6 Å². The van der Waals surface area contributed by atoms with Crippen LogP contribution in [0.3, 0.4) is 0 Å². The quantitative estimate of drug-likeness (QED) is 0.545. The standard InChI is InChI=1S/C10H14N2/c1-2-3-9-12(11)10-7-5-4-6-8-10/h3-9H,2,11H2,1H3/b9-3+. The van der Waals surface area contributed by atoms with Crippen molar-refractivity contribution in [2.45, 2.75) is 13.3 Å². The van der Waals surface area contributed by atoms with Crippen LogP contribution in [-0.4, -0.2) is 0 Å². The van der Waals surface area contributed by atoms with Gasteiger partial charge in [-0.05, 0) is 18.6 Å². The Kier molecular flexibility index (Phi) is 3.35. The summed E-state index contributed by atoms with van der Waals surface area (Å²) in [5, 5.41) is 1.61. The zero-order valence-electron chi connectivity index (χ0n) is 7.27. The highest BCUT2D eigenvalue weighted by atomic mass is 15.4. The molecular formula is C10H14N2. The van der Waals surface area contributed by atoms with Gasteiger partial charge >= 0.3 is 0 Å². The van der Waals surface area contributed by atoms with Gasteiger partial charge in [-0.3, -0.25) is 5.01 Å². The molecule has 0 aliphatic rings. The molecule has 0 fully saturated rings. The first kappa shape index (κ1) is 8.81. The third-order valence-electron chi connectivity index (χ3n) is 1.56. The second-order valence-corrected chi connectivity index (χ2v) is 2.54. The molecule has 64 valence electrons. The van der Waals surface area contributed by atoms with E-state index in [0.717, 1.165) is 12.1 Å². The first-order chi connectivity index (χ1) is 5.84. The molecule has 2 nitrogen and oxygen atoms in total. The molecule has 12 heavy (non-hydrogen) atoms. The first-order valence-corrected chi connectivity index (χ1v) is 4.10. The maximum absolute atomic E-state index is 5.73. The van der Waals surface area contributed by atoms with Crippen LogP contribution in [0.4, 0.5) is 5.69 Å². The minimum absolute atomic E-state index is 1.00. The van der Waals surface area contributed by atoms with Crippen molar-refractivity contribution in [1.29, 1.82) is 0 Å². The Hall–Kier alpha value is -1.28. The van der Waals surface area contributed by atoms with Gasteiger partial charge in [-0.2, -0.15) is 0 Å². The van der Waals surface area contributed by atoms with E-state index in [1.807, 2.05) is 42.6 Å². The van der Waals surface area contributed by atoms with Crippen molar-refractivity contribution >= 4 is 5.69 Å². The van der Waals surface area contributed by atoms with Crippen LogP contribution in [0.5, 0.6) is 0 Å². The summed E-state index contributed by atoms with van der Waals surface area (Å²) >= 11 is 0. The number of allylic oxidation sites excluding steroid dienone is 1. The Morgan fingerprint density at radius 2 is 2.00 bits per heavy atom. The van der Waals surface area contributed by atoms with E-state index in [4.69, 9.17) is 5.84 Å². The van der Waals surface area contributed by atoms with Crippen molar-refractivity contribution in [1.82, 2.24) is 0 Å². The minimum atomic E-state index is 1.00. The van der Waals surface area contributed by atoms with Crippen LogP contribution in [0.15, 0.2) is 42.6 Å². The lowest BCUT2D eigenvalue weighted by Crippen LogP contribution is -2.23. The third kappa shape index (κ3) is 2.40. The molecule has 0 saturated carbocycles. The summed E-state index contributed by atoms with van der Waals surface area (Å²) in [5.74, 6) is 5.73. The van der Waals surface area contributed by atoms with Crippen LogP contribution >= 0.6 is 0 Å². The SMILES string of the molecule is CC/C=C/N(N)c1ccccc1. The number of benzene rings is 1. The smallest absolute Gasteiger partial charge is 0.0568 e. The molecule has 1 aromatic rings. The van der Waals surface area contributed by atoms with Gasteiger partial charge in [0.05, 0.1) is 5.69 Å². The van der Waals surface area contributed by atoms with Crippen molar-refractivity contribution in [3.8, 4) is 0 Å². The molecule has 0 aliphatic carbocycles. The van der Waals surface area contributed by atoms with E-state index in [-0.39, 0.29) is 0 Å². The van der Waals surface area contributed by atoms with Crippen LogP contribution < -0.4 is 10.9 Å². The number of hydrogen-bond acceptors (Lipinski definition) is 2. The third-order valence-corrected chi connectivity index (χ3v) is 1.56. The van der Waals surface area contributed by atoms with Crippen LogP contribution in [-0.2, 0) is 0 Å². The molecule has 0 amide bonds. The number of nitrogens with two attached hydrogens (primary N) is 1. The lowest BCUT2D eigenvalue weighted by molar-refractivity contribution is 1.06. The normalized spacial score (nSPS) is 10.5. The number of rotatable bonds is 3. The lowest BCUT2D eigenvalue weighted by Gasteiger charge is -2.12. The predicted molar refractivity (Wildman–Crippen MR) is 52.5 cm³/mol. The fraction of sp³-hybridized carbons (Fsp3) is 0.200. The molecule has 0 atom stereocenters. The molecule has 0 unspecified atom stereocenters. The fourth-order valence-electron chi connectivity index (χ4n) is 0.905. The molecule has 2 N–H and O–H groups in total. The Bertz CT molecular complexity index is 241. The lowest BCUT2D eigenvalue weighted by atomic mass is 10.3. The molecule has 0 spiro atoms. The summed E-state index contributed by atoms with van der Waals surface area (Å²) in [6, 6.07) is 9.85. The van der Waals surface area contributed by atoms with Crippen LogP contribution in [0.2, 0.25) is 0 Å². The van der Waals surface area contributed by atoms with Crippen molar-refractivity contribution in [2.75, 3.05) is 5.01 Å². The minimum Gasteiger partial charge on any atom is -0.287 e. The van der Waals surface area contributed by atoms with Gasteiger partial charge in [-0.25, -0.2) is 5.84 Å². The average Bonchev–Trinajstić information content (AvgIpc) is 2.15. The van der Waals surface area contributed by atoms with Crippen LogP contribution in [0.1, 0.15) is 13.3 Å². The van der Waals surface area contributed by atoms with Gasteiger partial charge in [0.1, 0.15) is 0 Å². The van der Waals surface area contributed by atoms with Gasteiger partial charge in [-0.15, -0.1) is 0 Å². The zero-order valence-corrected chi connectivity index (χ0v) is 7.27. The molecule has 0 heterocycles. The largest absolute Gasteiger partial charge is 0.287 e. The van der Waals surface area contributed by atoms with Gasteiger partial charge in [0.15, 0.2) is 0 Å². The molecule has 1 rings (SSSR count). The molecule has 0 saturated heterocycles. The summed E-state index contributed by atoms with van der Waals surface area (Å²) in [4.78, 5) is 0. The molecule has 0 radical (unpaired) electrons. The van der Waals surface area contributed by atoms with Gasteiger partial charge in [0.2, 0.25) is 0 Å². The summed E-state index contributed by atoms with van der Waals surface area (Å²) in [5.41, 5.74) is 1.00. The Balaban J connectivity index is 2.65. The molecule has 0 bridgehead atoms. The Morgan fingerprint density at radius 3 is 2.58 bits per heavy atom. The second kappa shape index (κ2) is 4.57. The van der Waals surface area contributed by atoms with Crippen LogP contribution in [0.25, 0.3) is 0 Å². The van der Waals surface area contributed by atoms with Gasteiger partial charge in [-0.1, -0.05) is 31.2 Å². The highest BCUT2D eigenvalue weighted by Gasteiger charge is 1.92. The maximum atomic E-state index is 5.73. The number of para-hydroxylation sites is 1. The highest BCUT2D eigenvalue weighted by molar-refractivity contribution is 5.46. The molecule has 2 heteroatoms. The van der Waals surface area contributed by atoms with Crippen molar-refractivity contribution < 1.29 is 0 Å². The summed E-state index contributed by atoms with van der Waals surface area (Å²) in [6.45, 7) is 2.08. The van der Waals surface area contributed by atoms with E-state index in [9.17, 15) is 0 Å². The molecule has 0 aliphatic heterocycles. The average molecular weight is 162 g/mol. The zero-order chi connectivity index (χ0) is 8.81. The maximum Gasteiger partial charge on any atom is 0.0568 e. The number of nitrogens with zero attached hydrogens (tertiary/aromatic N) is 1. The molecule has 1 aromatic carbocycles. The fourth-order valence-corrected chi connectivity index (χ4v) is 0.905. The summed E-state index contributed by atoms with van der Waals surface area (Å²) < 4.78 is 0. The van der Waals surface area contributed by atoms with Crippen molar-refractivity contribution in [3.63, 3.8) is 0 Å². The van der Waals surface area contributed by atoms with E-state index < -0.39 is 0 Å². The van der Waals surface area contributed by atoms with Gasteiger partial charge in [0, 0.05) is 6.20 Å². The summed E-state index contributed by atoms with van der Waals surface area (Å²) in [6.07, 6.45) is 4.89. The molecular weight excluding hydrogens is 148 g/mol. The van der Waals surface area contributed by atoms with Gasteiger partial charge < -0.3 is 0 Å². The predicted octanol–water partition coefficient (Wildman–Crippen LogP) is 2.29. The number of hydrogen-bond donors (Lipinski definition) is 1. The van der Waals surface area contributed by atoms with E-state index in [0.29, 0.717) is 0 Å². The monoisotopic (exact) mass is 162 g/mol. The van der Waals surface area contributed by atoms with E-state index >= 15 is 0 Å². The van der Waals surface area contributed by atoms with E-state index in [1.165, 1.54) is 0 Å². The summed E-state index contributed by atoms with van der Waals surface area (Å²) in [7, 11) is 0.